The molecule has 0 radical (unpaired) electrons. The Morgan fingerprint density at radius 1 is 1.50 bits per heavy atom. The molecule has 3 nitrogen and oxygen atoms in total. The van der Waals surface area contributed by atoms with Gasteiger partial charge in [0, 0.05) is 29.8 Å². The molecule has 0 saturated carbocycles. The Morgan fingerprint density at radius 2 is 2.33 bits per heavy atom. The van der Waals surface area contributed by atoms with Crippen LogP contribution in [0.1, 0.15) is 12.5 Å². The number of amides is 1. The van der Waals surface area contributed by atoms with E-state index in [1.165, 1.54) is 16.2 Å². The fourth-order valence-electron chi connectivity index (χ4n) is 2.48. The first kappa shape index (κ1) is 12.1. The van der Waals surface area contributed by atoms with Crippen molar-refractivity contribution in [3.8, 4) is 0 Å². The maximum absolute atomic E-state index is 11.5. The van der Waals surface area contributed by atoms with Crippen LogP contribution in [0.15, 0.2) is 23.1 Å². The zero-order valence-electron chi connectivity index (χ0n) is 10.6. The minimum absolute atomic E-state index is 0.148. The van der Waals surface area contributed by atoms with Crippen LogP contribution in [0, 0.1) is 5.92 Å². The number of carbonyl (C=O) groups excluding carboxylic acids is 1. The van der Waals surface area contributed by atoms with Gasteiger partial charge in [-0.15, -0.1) is 11.8 Å². The van der Waals surface area contributed by atoms with Crippen molar-refractivity contribution >= 4 is 23.4 Å². The second kappa shape index (κ2) is 4.94. The van der Waals surface area contributed by atoms with E-state index in [1.54, 1.807) is 6.92 Å². The highest BCUT2D eigenvalue weighted by Gasteiger charge is 2.22. The molecule has 0 atom stereocenters. The third kappa shape index (κ3) is 2.27. The van der Waals surface area contributed by atoms with Gasteiger partial charge in [0.1, 0.15) is 0 Å². The molecule has 1 saturated heterocycles. The molecule has 18 heavy (non-hydrogen) atoms. The molecule has 96 valence electrons. The van der Waals surface area contributed by atoms with Crippen LogP contribution < -0.4 is 10.2 Å². The number of hydrogen-bond donors (Lipinski definition) is 1. The van der Waals surface area contributed by atoms with Crippen molar-refractivity contribution in [2.24, 2.45) is 5.92 Å². The highest BCUT2D eigenvalue weighted by molar-refractivity contribution is 7.99. The third-order valence-electron chi connectivity index (χ3n) is 3.68. The van der Waals surface area contributed by atoms with Crippen molar-refractivity contribution in [2.45, 2.75) is 18.2 Å². The van der Waals surface area contributed by atoms with E-state index in [1.807, 2.05) is 16.7 Å². The van der Waals surface area contributed by atoms with Gasteiger partial charge in [0.2, 0.25) is 5.91 Å². The van der Waals surface area contributed by atoms with Gasteiger partial charge in [-0.2, -0.15) is 0 Å². The normalized spacial score (nSPS) is 18.6. The SMILES string of the molecule is CC(=O)N1CCc2cc(SCC3CNC3)ccc21. The fraction of sp³-hybridized carbons (Fsp3) is 0.500. The molecule has 2 aliphatic rings. The Hall–Kier alpha value is -1.00. The van der Waals surface area contributed by atoms with Crippen molar-refractivity contribution in [3.63, 3.8) is 0 Å². The summed E-state index contributed by atoms with van der Waals surface area (Å²) < 4.78 is 0. The Balaban J connectivity index is 1.69. The third-order valence-corrected chi connectivity index (χ3v) is 4.90. The van der Waals surface area contributed by atoms with Crippen LogP contribution in [0.5, 0.6) is 0 Å². The molecule has 2 aliphatic heterocycles. The molecule has 0 spiro atoms. The fourth-order valence-corrected chi connectivity index (χ4v) is 3.53. The summed E-state index contributed by atoms with van der Waals surface area (Å²) in [5, 5.41) is 3.30. The number of carbonyl (C=O) groups is 1. The summed E-state index contributed by atoms with van der Waals surface area (Å²) in [6, 6.07) is 6.51. The van der Waals surface area contributed by atoms with Crippen molar-refractivity contribution in [1.29, 1.82) is 0 Å². The summed E-state index contributed by atoms with van der Waals surface area (Å²) >= 11 is 1.94. The van der Waals surface area contributed by atoms with Crippen LogP contribution in [0.3, 0.4) is 0 Å². The van der Waals surface area contributed by atoms with Crippen molar-refractivity contribution in [2.75, 3.05) is 30.3 Å². The number of nitrogens with zero attached hydrogens (tertiary/aromatic N) is 1. The van der Waals surface area contributed by atoms with Gasteiger partial charge in [0.25, 0.3) is 0 Å². The summed E-state index contributed by atoms with van der Waals surface area (Å²) in [6.07, 6.45) is 0.994. The number of hydrogen-bond acceptors (Lipinski definition) is 3. The average molecular weight is 262 g/mol. The van der Waals surface area contributed by atoms with E-state index in [9.17, 15) is 4.79 Å². The summed E-state index contributed by atoms with van der Waals surface area (Å²) in [5.74, 6) is 2.18. The molecule has 4 heteroatoms. The summed E-state index contributed by atoms with van der Waals surface area (Å²) in [7, 11) is 0. The van der Waals surface area contributed by atoms with Gasteiger partial charge in [-0.1, -0.05) is 0 Å². The molecule has 1 aromatic rings. The number of anilines is 1. The Bertz CT molecular complexity index is 471. The number of benzene rings is 1. The topological polar surface area (TPSA) is 32.3 Å². The smallest absolute Gasteiger partial charge is 0.223 e. The molecule has 0 aromatic heterocycles. The standard InChI is InChI=1S/C14H18N2OS/c1-10(17)16-5-4-12-6-13(2-3-14(12)16)18-9-11-7-15-8-11/h2-3,6,11,15H,4-5,7-9H2,1H3. The largest absolute Gasteiger partial charge is 0.316 e. The van der Waals surface area contributed by atoms with Crippen molar-refractivity contribution in [1.82, 2.24) is 5.32 Å². The average Bonchev–Trinajstić information content (AvgIpc) is 2.69. The molecule has 0 aliphatic carbocycles. The van der Waals surface area contributed by atoms with E-state index >= 15 is 0 Å². The number of fused-ring (bicyclic) bond motifs is 1. The van der Waals surface area contributed by atoms with E-state index in [0.717, 1.165) is 37.7 Å². The highest BCUT2D eigenvalue weighted by Crippen LogP contribution is 2.32. The maximum Gasteiger partial charge on any atom is 0.223 e. The Morgan fingerprint density at radius 3 is 3.00 bits per heavy atom. The van der Waals surface area contributed by atoms with E-state index in [0.29, 0.717) is 0 Å². The van der Waals surface area contributed by atoms with Crippen LogP contribution in [-0.2, 0) is 11.2 Å². The lowest BCUT2D eigenvalue weighted by Gasteiger charge is -2.26. The van der Waals surface area contributed by atoms with E-state index in [2.05, 4.69) is 23.5 Å². The predicted octanol–water partition coefficient (Wildman–Crippen LogP) is 1.91. The number of thioether (sulfide) groups is 1. The quantitative estimate of drug-likeness (QED) is 0.845. The molecular weight excluding hydrogens is 244 g/mol. The van der Waals surface area contributed by atoms with Gasteiger partial charge >= 0.3 is 0 Å². The van der Waals surface area contributed by atoms with Crippen molar-refractivity contribution < 1.29 is 4.79 Å². The zero-order valence-corrected chi connectivity index (χ0v) is 11.4. The van der Waals surface area contributed by atoms with E-state index < -0.39 is 0 Å². The summed E-state index contributed by atoms with van der Waals surface area (Å²) in [6.45, 7) is 4.80. The van der Waals surface area contributed by atoms with Crippen LogP contribution in [0.2, 0.25) is 0 Å². The van der Waals surface area contributed by atoms with Gasteiger partial charge in [-0.05, 0) is 49.2 Å². The monoisotopic (exact) mass is 262 g/mol. The lowest BCUT2D eigenvalue weighted by molar-refractivity contribution is -0.116. The lowest BCUT2D eigenvalue weighted by atomic mass is 10.1. The second-order valence-electron chi connectivity index (χ2n) is 5.05. The molecule has 1 fully saturated rings. The molecule has 0 bridgehead atoms. The minimum atomic E-state index is 0.148. The van der Waals surface area contributed by atoms with Crippen LogP contribution in [-0.4, -0.2) is 31.3 Å². The van der Waals surface area contributed by atoms with Gasteiger partial charge in [-0.3, -0.25) is 4.79 Å². The Labute approximate surface area is 112 Å². The number of nitrogens with one attached hydrogen (secondary N) is 1. The van der Waals surface area contributed by atoms with Gasteiger partial charge in [0.05, 0.1) is 0 Å². The van der Waals surface area contributed by atoms with E-state index in [-0.39, 0.29) is 5.91 Å². The van der Waals surface area contributed by atoms with Crippen LogP contribution >= 0.6 is 11.8 Å². The van der Waals surface area contributed by atoms with Crippen molar-refractivity contribution in [3.05, 3.63) is 23.8 Å². The molecule has 2 heterocycles. The zero-order chi connectivity index (χ0) is 12.5. The Kier molecular flexibility index (Phi) is 3.31. The van der Waals surface area contributed by atoms with Gasteiger partial charge in [0.15, 0.2) is 0 Å². The summed E-state index contributed by atoms with van der Waals surface area (Å²) in [4.78, 5) is 14.7. The van der Waals surface area contributed by atoms with Crippen LogP contribution in [0.4, 0.5) is 5.69 Å². The first-order valence-electron chi connectivity index (χ1n) is 6.48. The van der Waals surface area contributed by atoms with E-state index in [4.69, 9.17) is 0 Å². The molecule has 1 aromatic carbocycles. The highest BCUT2D eigenvalue weighted by atomic mass is 32.2. The molecule has 1 N–H and O–H groups in total. The first-order valence-corrected chi connectivity index (χ1v) is 7.47. The van der Waals surface area contributed by atoms with Gasteiger partial charge in [-0.25, -0.2) is 0 Å². The summed E-state index contributed by atoms with van der Waals surface area (Å²) in [5.41, 5.74) is 2.43. The molecule has 3 rings (SSSR count). The molecule has 0 unspecified atom stereocenters. The number of rotatable bonds is 3. The van der Waals surface area contributed by atoms with Gasteiger partial charge < -0.3 is 10.2 Å². The second-order valence-corrected chi connectivity index (χ2v) is 6.14. The lowest BCUT2D eigenvalue weighted by Crippen LogP contribution is -2.43. The van der Waals surface area contributed by atoms with Crippen LogP contribution in [0.25, 0.3) is 0 Å². The molecule has 1 amide bonds. The maximum atomic E-state index is 11.5. The molecular formula is C14H18N2OS. The predicted molar refractivity (Wildman–Crippen MR) is 75.3 cm³/mol. The first-order chi connectivity index (χ1) is 8.74. The minimum Gasteiger partial charge on any atom is -0.316 e.